The number of sulfonamides is 1. The van der Waals surface area contributed by atoms with E-state index in [1.807, 2.05) is 0 Å². The highest BCUT2D eigenvalue weighted by molar-refractivity contribution is 7.89. The van der Waals surface area contributed by atoms with Crippen molar-refractivity contribution in [1.82, 2.24) is 4.72 Å². The van der Waals surface area contributed by atoms with Crippen molar-refractivity contribution in [3.05, 3.63) is 18.2 Å². The number of hydrogen-bond acceptors (Lipinski definition) is 6. The number of nitrogens with one attached hydrogen (secondary N) is 2. The molecule has 8 heteroatoms. The van der Waals surface area contributed by atoms with Crippen LogP contribution in [0.2, 0.25) is 0 Å². The predicted molar refractivity (Wildman–Crippen MR) is 78.1 cm³/mol. The highest BCUT2D eigenvalue weighted by Gasteiger charge is 2.15. The lowest BCUT2D eigenvalue weighted by atomic mass is 10.2. The van der Waals surface area contributed by atoms with Crippen LogP contribution in [0, 0.1) is 0 Å². The summed E-state index contributed by atoms with van der Waals surface area (Å²) in [7, 11) is -0.689. The van der Waals surface area contributed by atoms with E-state index in [0.29, 0.717) is 18.7 Å². The van der Waals surface area contributed by atoms with Gasteiger partial charge in [-0.3, -0.25) is 0 Å². The molecule has 0 fully saturated rings. The molecule has 1 atom stereocenters. The minimum atomic E-state index is -3.55. The molecule has 0 amide bonds. The number of nitrogens with two attached hydrogens (primary N) is 1. The van der Waals surface area contributed by atoms with Crippen LogP contribution in [0.1, 0.15) is 6.42 Å². The molecule has 0 spiro atoms. The third kappa shape index (κ3) is 4.64. The fraction of sp³-hybridized carbons (Fsp3) is 0.500. The topological polar surface area (TPSA) is 114 Å². The van der Waals surface area contributed by atoms with Crippen LogP contribution >= 0.6 is 0 Å². The molecule has 20 heavy (non-hydrogen) atoms. The lowest BCUT2D eigenvalue weighted by Gasteiger charge is -2.12. The lowest BCUT2D eigenvalue weighted by molar-refractivity contribution is 0.0615. The Morgan fingerprint density at radius 2 is 2.15 bits per heavy atom. The van der Waals surface area contributed by atoms with Crippen molar-refractivity contribution in [2.24, 2.45) is 0 Å². The molecule has 0 saturated carbocycles. The standard InChI is InChI=1S/C12H21N3O4S/c1-14-20(17,18)12-4-3-9(7-11(12)13)15-6-5-10(16)8-19-2/h3-4,7,10,14-16H,5-6,8,13H2,1-2H3. The highest BCUT2D eigenvalue weighted by Crippen LogP contribution is 2.22. The van der Waals surface area contributed by atoms with Crippen molar-refractivity contribution in [3.63, 3.8) is 0 Å². The van der Waals surface area contributed by atoms with Crippen molar-refractivity contribution >= 4 is 21.4 Å². The number of anilines is 2. The zero-order valence-electron chi connectivity index (χ0n) is 11.6. The van der Waals surface area contributed by atoms with Gasteiger partial charge in [0.15, 0.2) is 0 Å². The van der Waals surface area contributed by atoms with Gasteiger partial charge in [-0.1, -0.05) is 0 Å². The smallest absolute Gasteiger partial charge is 0.242 e. The normalized spacial score (nSPS) is 13.2. The molecule has 0 bridgehead atoms. The Morgan fingerprint density at radius 3 is 2.70 bits per heavy atom. The molecule has 1 aromatic carbocycles. The Labute approximate surface area is 119 Å². The van der Waals surface area contributed by atoms with Gasteiger partial charge in [0, 0.05) is 19.3 Å². The quantitative estimate of drug-likeness (QED) is 0.502. The first-order chi connectivity index (χ1) is 9.40. The molecule has 1 unspecified atom stereocenters. The summed E-state index contributed by atoms with van der Waals surface area (Å²) in [5.41, 5.74) is 6.60. The van der Waals surface area contributed by atoms with Crippen molar-refractivity contribution in [2.75, 3.05) is 38.4 Å². The number of ether oxygens (including phenoxy) is 1. The maximum Gasteiger partial charge on any atom is 0.242 e. The summed E-state index contributed by atoms with van der Waals surface area (Å²) in [6, 6.07) is 4.62. The molecular weight excluding hydrogens is 282 g/mol. The molecule has 0 saturated heterocycles. The van der Waals surface area contributed by atoms with E-state index in [1.165, 1.54) is 20.2 Å². The third-order valence-corrected chi connectivity index (χ3v) is 4.22. The number of benzene rings is 1. The Balaban J connectivity index is 2.65. The van der Waals surface area contributed by atoms with Gasteiger partial charge in [-0.2, -0.15) is 0 Å². The van der Waals surface area contributed by atoms with Crippen molar-refractivity contribution in [2.45, 2.75) is 17.4 Å². The first kappa shape index (κ1) is 16.7. The molecule has 0 aliphatic rings. The monoisotopic (exact) mass is 303 g/mol. The fourth-order valence-electron chi connectivity index (χ4n) is 1.67. The minimum absolute atomic E-state index is 0.0463. The molecule has 1 aromatic rings. The van der Waals surface area contributed by atoms with Crippen molar-refractivity contribution in [3.8, 4) is 0 Å². The number of nitrogen functional groups attached to an aromatic ring is 1. The number of rotatable bonds is 8. The molecule has 5 N–H and O–H groups in total. The van der Waals surface area contributed by atoms with Crippen LogP contribution in [0.25, 0.3) is 0 Å². The van der Waals surface area contributed by atoms with E-state index >= 15 is 0 Å². The summed E-state index contributed by atoms with van der Waals surface area (Å²) >= 11 is 0. The molecule has 0 aliphatic heterocycles. The summed E-state index contributed by atoms with van der Waals surface area (Å²) < 4.78 is 30.3. The number of hydrogen-bond donors (Lipinski definition) is 4. The van der Waals surface area contributed by atoms with Crippen LogP contribution in [0.15, 0.2) is 23.1 Å². The van der Waals surface area contributed by atoms with Gasteiger partial charge in [0.25, 0.3) is 0 Å². The third-order valence-electron chi connectivity index (χ3n) is 2.73. The lowest BCUT2D eigenvalue weighted by Crippen LogP contribution is -2.20. The van der Waals surface area contributed by atoms with E-state index in [1.54, 1.807) is 12.1 Å². The predicted octanol–water partition coefficient (Wildman–Crippen LogP) is -0.0138. The van der Waals surface area contributed by atoms with E-state index in [0.717, 1.165) is 0 Å². The van der Waals surface area contributed by atoms with Gasteiger partial charge in [-0.05, 0) is 31.7 Å². The summed E-state index contributed by atoms with van der Waals surface area (Å²) in [6.07, 6.45) is -0.0154. The van der Waals surface area contributed by atoms with Crippen molar-refractivity contribution < 1.29 is 18.3 Å². The van der Waals surface area contributed by atoms with E-state index in [-0.39, 0.29) is 17.2 Å². The number of methoxy groups -OCH3 is 1. The van der Waals surface area contributed by atoms with Gasteiger partial charge in [-0.15, -0.1) is 0 Å². The Morgan fingerprint density at radius 1 is 1.45 bits per heavy atom. The zero-order valence-corrected chi connectivity index (χ0v) is 12.4. The average molecular weight is 303 g/mol. The van der Waals surface area contributed by atoms with Gasteiger partial charge in [0.1, 0.15) is 4.90 Å². The summed E-state index contributed by atoms with van der Waals surface area (Å²) in [4.78, 5) is 0.0463. The molecule has 0 heterocycles. The van der Waals surface area contributed by atoms with Crippen molar-refractivity contribution in [1.29, 1.82) is 0 Å². The van der Waals surface area contributed by atoms with Crippen LogP contribution < -0.4 is 15.8 Å². The largest absolute Gasteiger partial charge is 0.398 e. The summed E-state index contributed by atoms with van der Waals surface area (Å²) in [6.45, 7) is 0.811. The average Bonchev–Trinajstić information content (AvgIpc) is 2.39. The van der Waals surface area contributed by atoms with Crippen LogP contribution in [0.3, 0.4) is 0 Å². The second-order valence-corrected chi connectivity index (χ2v) is 6.14. The van der Waals surface area contributed by atoms with Crippen LogP contribution in [-0.4, -0.2) is 46.9 Å². The first-order valence-electron chi connectivity index (χ1n) is 6.14. The molecule has 1 rings (SSSR count). The zero-order chi connectivity index (χ0) is 15.2. The van der Waals surface area contributed by atoms with E-state index in [9.17, 15) is 13.5 Å². The number of aliphatic hydroxyl groups excluding tert-OH is 1. The van der Waals surface area contributed by atoms with Gasteiger partial charge in [-0.25, -0.2) is 13.1 Å². The summed E-state index contributed by atoms with van der Waals surface area (Å²) in [5, 5.41) is 12.5. The highest BCUT2D eigenvalue weighted by atomic mass is 32.2. The van der Waals surface area contributed by atoms with E-state index in [2.05, 4.69) is 10.0 Å². The maximum absolute atomic E-state index is 11.6. The van der Waals surface area contributed by atoms with Gasteiger partial charge in [0.05, 0.1) is 18.4 Å². The Hall–Kier alpha value is -1.35. The molecule has 7 nitrogen and oxygen atoms in total. The second-order valence-electron chi connectivity index (χ2n) is 4.28. The Kier molecular flexibility index (Phi) is 6.21. The molecule has 0 radical (unpaired) electrons. The van der Waals surface area contributed by atoms with Gasteiger partial charge in [0.2, 0.25) is 10.0 Å². The summed E-state index contributed by atoms with van der Waals surface area (Å²) in [5.74, 6) is 0. The number of aliphatic hydroxyl groups is 1. The van der Waals surface area contributed by atoms with E-state index in [4.69, 9.17) is 10.5 Å². The second kappa shape index (κ2) is 7.44. The minimum Gasteiger partial charge on any atom is -0.398 e. The van der Waals surface area contributed by atoms with Gasteiger partial charge >= 0.3 is 0 Å². The molecule has 114 valence electrons. The van der Waals surface area contributed by atoms with E-state index < -0.39 is 16.1 Å². The SMILES string of the molecule is CNS(=O)(=O)c1ccc(NCCC(O)COC)cc1N. The van der Waals surface area contributed by atoms with Crippen LogP contribution in [-0.2, 0) is 14.8 Å². The maximum atomic E-state index is 11.6. The molecule has 0 aromatic heterocycles. The van der Waals surface area contributed by atoms with Crippen LogP contribution in [0.5, 0.6) is 0 Å². The van der Waals surface area contributed by atoms with Gasteiger partial charge < -0.3 is 20.9 Å². The first-order valence-corrected chi connectivity index (χ1v) is 7.63. The molecular formula is C12H21N3O4S. The fourth-order valence-corrected chi connectivity index (χ4v) is 2.51. The van der Waals surface area contributed by atoms with Crippen LogP contribution in [0.4, 0.5) is 11.4 Å². The Bertz CT molecular complexity index is 534. The molecule has 0 aliphatic carbocycles.